The predicted molar refractivity (Wildman–Crippen MR) is 391 cm³/mol. The van der Waals surface area contributed by atoms with Crippen LogP contribution in [-0.2, 0) is 121 Å². The zero-order valence-electron chi connectivity index (χ0n) is 62.6. The van der Waals surface area contributed by atoms with Gasteiger partial charge in [0.2, 0.25) is 35.3 Å². The summed E-state index contributed by atoms with van der Waals surface area (Å²) in [5, 5.41) is 17.8. The molecule has 3 aromatic rings. The van der Waals surface area contributed by atoms with Crippen LogP contribution in [0.3, 0.4) is 0 Å². The number of hydrogen-bond acceptors (Lipinski definition) is 30. The molecule has 0 radical (unpaired) electrons. The van der Waals surface area contributed by atoms with E-state index in [0.29, 0.717) is 232 Å². The number of rotatable bonds is 68. The van der Waals surface area contributed by atoms with Crippen molar-refractivity contribution in [2.24, 2.45) is 0 Å². The number of carbonyl (C=O) groups excluding carboxylic acids is 10. The van der Waals surface area contributed by atoms with Gasteiger partial charge < -0.3 is 127 Å². The van der Waals surface area contributed by atoms with Crippen LogP contribution in [0.5, 0.6) is 17.2 Å². The highest BCUT2D eigenvalue weighted by molar-refractivity contribution is 8.14. The van der Waals surface area contributed by atoms with E-state index in [1.165, 1.54) is 38.3 Å². The second-order valence-corrected chi connectivity index (χ2v) is 24.1. The second kappa shape index (κ2) is 61.8. The summed E-state index contributed by atoms with van der Waals surface area (Å²) in [4.78, 5) is 129. The largest absolute Gasteiger partial charge is 0.493 e. The zero-order valence-corrected chi connectivity index (χ0v) is 63.4. The fraction of sp³-hybridized carbons (Fsp3) is 0.648. The number of likely N-dealkylation sites (tertiary alicyclic amines) is 1. The molecule has 109 heavy (non-hydrogen) atoms. The Morgan fingerprint density at radius 3 is 1.28 bits per heavy atom. The van der Waals surface area contributed by atoms with Crippen molar-refractivity contribution in [2.75, 3.05) is 271 Å². The normalized spacial score (nSPS) is 12.5. The number of benzene rings is 2. The van der Waals surface area contributed by atoms with Crippen LogP contribution in [0.2, 0.25) is 0 Å². The molecule has 37 nitrogen and oxygen atoms in total. The topological polar surface area (TPSA) is 437 Å². The van der Waals surface area contributed by atoms with E-state index in [1.807, 2.05) is 0 Å². The van der Waals surface area contributed by atoms with E-state index in [1.54, 1.807) is 36.4 Å². The van der Waals surface area contributed by atoms with Gasteiger partial charge in [-0.25, -0.2) is 0 Å². The van der Waals surface area contributed by atoms with Crippen LogP contribution in [0, 0.1) is 0 Å². The Morgan fingerprint density at radius 1 is 0.440 bits per heavy atom. The van der Waals surface area contributed by atoms with Crippen molar-refractivity contribution >= 4 is 80.8 Å². The van der Waals surface area contributed by atoms with Gasteiger partial charge in [-0.05, 0) is 48.7 Å². The average Bonchev–Trinajstić information content (AvgIpc) is 1.79. The predicted octanol–water partition coefficient (Wildman–Crippen LogP) is -1.65. The number of aromatic nitrogens is 1. The SMILES string of the molecule is COc1ccc(CNC(=O)C(=O)C2CCCN2C(=O)CNC(=O)c2ccnc3cc(OCC(=O)NCCOCCOCCOCCOCCOCCOCCOCCOCCOCCOCCOCCOCCOCCOCCOCCNC(=O)CNC(=O)CNC(=O)CNC(=O)CSC(C)=O)ccc23)cc1OC. The smallest absolute Gasteiger partial charge is 0.289 e. The van der Waals surface area contributed by atoms with Crippen LogP contribution in [0.25, 0.3) is 10.9 Å². The molecule has 1 saturated heterocycles. The molecule has 7 N–H and O–H groups in total. The van der Waals surface area contributed by atoms with Crippen molar-refractivity contribution < 1.29 is 133 Å². The van der Waals surface area contributed by atoms with E-state index in [9.17, 15) is 47.9 Å². The van der Waals surface area contributed by atoms with Gasteiger partial charge in [0, 0.05) is 50.8 Å². The minimum Gasteiger partial charge on any atom is -0.493 e. The number of nitrogens with one attached hydrogen (secondary N) is 7. The first-order chi connectivity index (χ1) is 53.2. The van der Waals surface area contributed by atoms with Crippen molar-refractivity contribution in [1.82, 2.24) is 47.1 Å². The molecule has 1 fully saturated rings. The maximum atomic E-state index is 13.3. The summed E-state index contributed by atoms with van der Waals surface area (Å²) >= 11 is 0.815. The molecule has 2 heterocycles. The summed E-state index contributed by atoms with van der Waals surface area (Å²) < 4.78 is 98.8. The molecule has 0 saturated carbocycles. The lowest BCUT2D eigenvalue weighted by Crippen LogP contribution is -2.49. The summed E-state index contributed by atoms with van der Waals surface area (Å²) in [6.07, 6.45) is 2.28. The molecule has 1 aromatic heterocycles. The van der Waals surface area contributed by atoms with Crippen LogP contribution in [-0.4, -0.2) is 345 Å². The number of Topliss-reactive ketones (excluding diaryl/α,β-unsaturated/α-hetero) is 1. The Balaban J connectivity index is 0.793. The number of ether oxygens (including phenoxy) is 18. The highest BCUT2D eigenvalue weighted by Gasteiger charge is 2.37. The maximum absolute atomic E-state index is 13.3. The molecule has 1 atom stereocenters. The molecule has 0 spiro atoms. The Morgan fingerprint density at radius 2 is 0.853 bits per heavy atom. The third-order valence-electron chi connectivity index (χ3n) is 14.8. The molecule has 0 aliphatic carbocycles. The fourth-order valence-electron chi connectivity index (χ4n) is 9.37. The van der Waals surface area contributed by atoms with Gasteiger partial charge in [-0.15, -0.1) is 0 Å². The molecule has 4 rings (SSSR count). The molecular weight excluding hydrogens is 1460 g/mol. The Hall–Kier alpha value is -7.90. The summed E-state index contributed by atoms with van der Waals surface area (Å²) in [6.45, 7) is 12.5. The van der Waals surface area contributed by atoms with Gasteiger partial charge in [0.15, 0.2) is 23.2 Å². The first-order valence-corrected chi connectivity index (χ1v) is 36.9. The van der Waals surface area contributed by atoms with Gasteiger partial charge >= 0.3 is 0 Å². The van der Waals surface area contributed by atoms with E-state index in [-0.39, 0.29) is 88.0 Å². The molecule has 38 heteroatoms. The number of nitrogens with zero attached hydrogens (tertiary/aromatic N) is 2. The number of methoxy groups -OCH3 is 2. The van der Waals surface area contributed by atoms with E-state index in [0.717, 1.165) is 11.8 Å². The molecular formula is C71H109N9O28S. The maximum Gasteiger partial charge on any atom is 0.289 e. The lowest BCUT2D eigenvalue weighted by molar-refractivity contribution is -0.144. The number of ketones is 1. The van der Waals surface area contributed by atoms with Crippen molar-refractivity contribution in [3.63, 3.8) is 0 Å². The molecule has 0 bridgehead atoms. The van der Waals surface area contributed by atoms with Gasteiger partial charge in [0.05, 0.1) is 255 Å². The second-order valence-electron chi connectivity index (χ2n) is 23.0. The van der Waals surface area contributed by atoms with Crippen molar-refractivity contribution in [3.8, 4) is 17.2 Å². The highest BCUT2D eigenvalue weighted by Crippen LogP contribution is 2.28. The molecule has 612 valence electrons. The Labute approximate surface area is 638 Å². The number of thioether (sulfide) groups is 1. The van der Waals surface area contributed by atoms with Crippen molar-refractivity contribution in [1.29, 1.82) is 0 Å². The number of carbonyl (C=O) groups is 10. The number of fused-ring (bicyclic) bond motifs is 1. The third-order valence-corrected chi connectivity index (χ3v) is 15.6. The minimum atomic E-state index is -0.955. The monoisotopic (exact) mass is 1570 g/mol. The van der Waals surface area contributed by atoms with Gasteiger partial charge in [-0.1, -0.05) is 17.8 Å². The summed E-state index contributed by atoms with van der Waals surface area (Å²) in [5.41, 5.74) is 1.36. The molecule has 2 aromatic carbocycles. The number of hydrogen-bond donors (Lipinski definition) is 7. The minimum absolute atomic E-state index is 0.0595. The highest BCUT2D eigenvalue weighted by atomic mass is 32.2. The van der Waals surface area contributed by atoms with Crippen LogP contribution < -0.4 is 51.4 Å². The average molecular weight is 1570 g/mol. The van der Waals surface area contributed by atoms with Crippen LogP contribution in [0.15, 0.2) is 48.7 Å². The first-order valence-electron chi connectivity index (χ1n) is 35.9. The zero-order chi connectivity index (χ0) is 78.4. The Kier molecular flexibility index (Phi) is 53.0. The van der Waals surface area contributed by atoms with Crippen LogP contribution in [0.1, 0.15) is 35.7 Å². The third kappa shape index (κ3) is 45.8. The van der Waals surface area contributed by atoms with Crippen molar-refractivity contribution in [2.45, 2.75) is 32.4 Å². The van der Waals surface area contributed by atoms with Crippen molar-refractivity contribution in [3.05, 3.63) is 59.8 Å². The lowest BCUT2D eigenvalue weighted by Gasteiger charge is -2.23. The van der Waals surface area contributed by atoms with Crippen LogP contribution >= 0.6 is 11.8 Å². The molecule has 8 amide bonds. The number of amides is 8. The number of pyridine rings is 1. The summed E-state index contributed by atoms with van der Waals surface area (Å²) in [7, 11) is 3.00. The van der Waals surface area contributed by atoms with E-state index >= 15 is 0 Å². The van der Waals surface area contributed by atoms with E-state index in [4.69, 9.17) is 85.3 Å². The quantitative estimate of drug-likeness (QED) is 0.0246. The molecule has 1 aliphatic rings. The van der Waals surface area contributed by atoms with Gasteiger partial charge in [0.1, 0.15) is 11.8 Å². The van der Waals surface area contributed by atoms with Crippen LogP contribution in [0.4, 0.5) is 0 Å². The van der Waals surface area contributed by atoms with Gasteiger partial charge in [0.25, 0.3) is 17.7 Å². The first kappa shape index (κ1) is 93.5. The summed E-state index contributed by atoms with van der Waals surface area (Å²) in [5.74, 6) is -3.83. The molecule has 1 unspecified atom stereocenters. The van der Waals surface area contributed by atoms with Gasteiger partial charge in [-0.2, -0.15) is 0 Å². The van der Waals surface area contributed by atoms with E-state index < -0.39 is 59.7 Å². The van der Waals surface area contributed by atoms with Gasteiger partial charge in [-0.3, -0.25) is 52.9 Å². The fourth-order valence-corrected chi connectivity index (χ4v) is 9.80. The molecule has 1 aliphatic heterocycles. The standard InChI is InChI=1S/C71H109N9O28S/c1-54(81)109-53-67(86)77-50-65(84)76-49-64(83)75-48-63(82)73-12-15-93-17-19-95-21-23-97-25-27-99-29-31-101-33-35-103-37-39-105-41-43-107-44-42-106-40-38-104-36-34-102-32-30-100-28-26-98-24-22-96-20-18-94-16-13-74-66(85)52-108-56-7-8-57-58(10-11-72-59(57)46-56)70(89)79-51-68(87)80-14-4-5-60(80)69(88)71(90)78-47-55-6-9-61(91-2)62(45-55)92-3/h6-11,45-46,60H,4-5,12-44,47-53H2,1-3H3,(H,73,82)(H,74,85)(H,75,83)(H,76,84)(H,77,86)(H,78,90)(H,79,89). The lowest BCUT2D eigenvalue weighted by atomic mass is 10.1. The summed E-state index contributed by atoms with van der Waals surface area (Å²) in [6, 6.07) is 10.5. The Bertz CT molecular complexity index is 3110. The van der Waals surface area contributed by atoms with E-state index in [2.05, 4.69) is 42.2 Å².